The summed E-state index contributed by atoms with van der Waals surface area (Å²) in [5, 5.41) is 3.27. The Balaban J connectivity index is 2.64. The molecule has 3 N–H and O–H groups in total. The Bertz CT molecular complexity index is 258. The Morgan fingerprint density at radius 2 is 2.31 bits per heavy atom. The van der Waals surface area contributed by atoms with Gasteiger partial charge in [-0.15, -0.1) is 0 Å². The van der Waals surface area contributed by atoms with Gasteiger partial charge in [-0.2, -0.15) is 0 Å². The number of hydrogen-bond donors (Lipinski definition) is 2. The highest BCUT2D eigenvalue weighted by Gasteiger charge is 2.00. The van der Waals surface area contributed by atoms with Crippen molar-refractivity contribution in [1.29, 1.82) is 0 Å². The van der Waals surface area contributed by atoms with Gasteiger partial charge < -0.3 is 11.1 Å². The average Bonchev–Trinajstić information content (AvgIpc) is 2.15. The summed E-state index contributed by atoms with van der Waals surface area (Å²) in [5.41, 5.74) is 6.65. The van der Waals surface area contributed by atoms with Crippen molar-refractivity contribution in [2.24, 2.45) is 11.7 Å². The first-order chi connectivity index (χ1) is 6.24. The highest BCUT2D eigenvalue weighted by atomic mass is 15.0. The standard InChI is InChI=1S/C10H17N3/c1-8(2)7-13-10-9(6-11)4-3-5-12-10/h3-5,8H,6-7,11H2,1-2H3,(H,12,13). The second kappa shape index (κ2) is 4.82. The van der Waals surface area contributed by atoms with Crippen LogP contribution in [0, 0.1) is 5.92 Å². The maximum atomic E-state index is 5.58. The molecule has 3 nitrogen and oxygen atoms in total. The normalized spacial score (nSPS) is 10.5. The SMILES string of the molecule is CC(C)CNc1ncccc1CN. The summed E-state index contributed by atoms with van der Waals surface area (Å²) in [5.74, 6) is 1.53. The van der Waals surface area contributed by atoms with Gasteiger partial charge in [0.25, 0.3) is 0 Å². The molecule has 1 heterocycles. The lowest BCUT2D eigenvalue weighted by Crippen LogP contribution is -2.12. The zero-order valence-electron chi connectivity index (χ0n) is 8.25. The van der Waals surface area contributed by atoms with Gasteiger partial charge in [0.15, 0.2) is 0 Å². The molecule has 3 heteroatoms. The van der Waals surface area contributed by atoms with Crippen molar-refractivity contribution >= 4 is 5.82 Å². The van der Waals surface area contributed by atoms with E-state index in [-0.39, 0.29) is 0 Å². The number of rotatable bonds is 4. The highest BCUT2D eigenvalue weighted by molar-refractivity contribution is 5.43. The van der Waals surface area contributed by atoms with Crippen LogP contribution in [-0.2, 0) is 6.54 Å². The second-order valence-electron chi connectivity index (χ2n) is 3.49. The summed E-state index contributed by atoms with van der Waals surface area (Å²) in [6.07, 6.45) is 1.78. The van der Waals surface area contributed by atoms with E-state index in [9.17, 15) is 0 Å². The van der Waals surface area contributed by atoms with Crippen molar-refractivity contribution in [2.75, 3.05) is 11.9 Å². The lowest BCUT2D eigenvalue weighted by Gasteiger charge is -2.10. The van der Waals surface area contributed by atoms with E-state index in [0.717, 1.165) is 17.9 Å². The molecular weight excluding hydrogens is 162 g/mol. The summed E-state index contributed by atoms with van der Waals surface area (Å²) in [4.78, 5) is 4.23. The number of nitrogens with zero attached hydrogens (tertiary/aromatic N) is 1. The Labute approximate surface area is 79.4 Å². The number of hydrogen-bond acceptors (Lipinski definition) is 3. The summed E-state index contributed by atoms with van der Waals surface area (Å²) in [7, 11) is 0. The first-order valence-corrected chi connectivity index (χ1v) is 4.62. The Morgan fingerprint density at radius 1 is 1.54 bits per heavy atom. The third-order valence-electron chi connectivity index (χ3n) is 1.79. The molecule has 1 rings (SSSR count). The van der Waals surface area contributed by atoms with Gasteiger partial charge in [0, 0.05) is 24.8 Å². The first-order valence-electron chi connectivity index (χ1n) is 4.62. The number of nitrogens with one attached hydrogen (secondary N) is 1. The fourth-order valence-corrected chi connectivity index (χ4v) is 1.06. The Morgan fingerprint density at radius 3 is 2.92 bits per heavy atom. The van der Waals surface area contributed by atoms with Crippen molar-refractivity contribution in [2.45, 2.75) is 20.4 Å². The van der Waals surface area contributed by atoms with Crippen LogP contribution in [0.5, 0.6) is 0 Å². The van der Waals surface area contributed by atoms with Crippen molar-refractivity contribution in [3.63, 3.8) is 0 Å². The van der Waals surface area contributed by atoms with Gasteiger partial charge in [0.2, 0.25) is 0 Å². The van der Waals surface area contributed by atoms with E-state index in [4.69, 9.17) is 5.73 Å². The number of nitrogens with two attached hydrogens (primary N) is 1. The van der Waals surface area contributed by atoms with Crippen LogP contribution in [0.25, 0.3) is 0 Å². The van der Waals surface area contributed by atoms with Gasteiger partial charge in [-0.25, -0.2) is 4.98 Å². The molecule has 0 radical (unpaired) electrons. The minimum Gasteiger partial charge on any atom is -0.370 e. The molecule has 0 spiro atoms. The topological polar surface area (TPSA) is 50.9 Å². The van der Waals surface area contributed by atoms with Gasteiger partial charge in [-0.3, -0.25) is 0 Å². The maximum Gasteiger partial charge on any atom is 0.130 e. The molecule has 1 aromatic heterocycles. The molecule has 13 heavy (non-hydrogen) atoms. The first kappa shape index (κ1) is 9.99. The zero-order valence-corrected chi connectivity index (χ0v) is 8.25. The van der Waals surface area contributed by atoms with E-state index in [1.54, 1.807) is 6.20 Å². The maximum absolute atomic E-state index is 5.58. The molecule has 0 bridgehead atoms. The molecular formula is C10H17N3. The summed E-state index contributed by atoms with van der Waals surface area (Å²) in [6.45, 7) is 5.80. The van der Waals surface area contributed by atoms with E-state index < -0.39 is 0 Å². The zero-order chi connectivity index (χ0) is 9.68. The minimum absolute atomic E-state index is 0.536. The average molecular weight is 179 g/mol. The highest BCUT2D eigenvalue weighted by Crippen LogP contribution is 2.10. The van der Waals surface area contributed by atoms with E-state index in [1.165, 1.54) is 0 Å². The molecule has 1 aromatic rings. The van der Waals surface area contributed by atoms with Gasteiger partial charge in [0.05, 0.1) is 0 Å². The number of pyridine rings is 1. The van der Waals surface area contributed by atoms with E-state index in [2.05, 4.69) is 24.1 Å². The van der Waals surface area contributed by atoms with Crippen LogP contribution in [0.4, 0.5) is 5.82 Å². The molecule has 0 saturated heterocycles. The number of anilines is 1. The van der Waals surface area contributed by atoms with Crippen molar-refractivity contribution < 1.29 is 0 Å². The quantitative estimate of drug-likeness (QED) is 0.738. The fourth-order valence-electron chi connectivity index (χ4n) is 1.06. The molecule has 0 unspecified atom stereocenters. The van der Waals surface area contributed by atoms with Crippen molar-refractivity contribution in [3.8, 4) is 0 Å². The smallest absolute Gasteiger partial charge is 0.130 e. The summed E-state index contributed by atoms with van der Waals surface area (Å²) in [6, 6.07) is 3.90. The van der Waals surface area contributed by atoms with Gasteiger partial charge in [-0.05, 0) is 12.0 Å². The van der Waals surface area contributed by atoms with Crippen LogP contribution in [0.2, 0.25) is 0 Å². The third-order valence-corrected chi connectivity index (χ3v) is 1.79. The van der Waals surface area contributed by atoms with Gasteiger partial charge in [-0.1, -0.05) is 19.9 Å². The van der Waals surface area contributed by atoms with Crippen LogP contribution >= 0.6 is 0 Å². The van der Waals surface area contributed by atoms with Crippen LogP contribution < -0.4 is 11.1 Å². The molecule has 0 fully saturated rings. The van der Waals surface area contributed by atoms with Crippen LogP contribution in [-0.4, -0.2) is 11.5 Å². The van der Waals surface area contributed by atoms with Crippen molar-refractivity contribution in [1.82, 2.24) is 4.98 Å². The largest absolute Gasteiger partial charge is 0.370 e. The Kier molecular flexibility index (Phi) is 3.71. The summed E-state index contributed by atoms with van der Waals surface area (Å²) >= 11 is 0. The van der Waals surface area contributed by atoms with Gasteiger partial charge >= 0.3 is 0 Å². The molecule has 0 saturated carbocycles. The lowest BCUT2D eigenvalue weighted by molar-refractivity contribution is 0.686. The molecule has 0 aliphatic carbocycles. The predicted octanol–water partition coefficient (Wildman–Crippen LogP) is 1.61. The molecule has 0 aliphatic rings. The molecule has 0 aliphatic heterocycles. The molecule has 0 aromatic carbocycles. The van der Waals surface area contributed by atoms with Crippen molar-refractivity contribution in [3.05, 3.63) is 23.9 Å². The lowest BCUT2D eigenvalue weighted by atomic mass is 10.2. The number of aromatic nitrogens is 1. The molecule has 72 valence electrons. The van der Waals surface area contributed by atoms with Crippen LogP contribution in [0.15, 0.2) is 18.3 Å². The predicted molar refractivity (Wildman–Crippen MR) is 55.5 cm³/mol. The monoisotopic (exact) mass is 179 g/mol. The van der Waals surface area contributed by atoms with E-state index >= 15 is 0 Å². The molecule has 0 amide bonds. The third kappa shape index (κ3) is 3.03. The van der Waals surface area contributed by atoms with E-state index in [0.29, 0.717) is 12.5 Å². The summed E-state index contributed by atoms with van der Waals surface area (Å²) < 4.78 is 0. The van der Waals surface area contributed by atoms with E-state index in [1.807, 2.05) is 12.1 Å². The Hall–Kier alpha value is -1.09. The minimum atomic E-state index is 0.536. The van der Waals surface area contributed by atoms with Gasteiger partial charge in [0.1, 0.15) is 5.82 Å². The molecule has 0 atom stereocenters. The fraction of sp³-hybridized carbons (Fsp3) is 0.500. The van der Waals surface area contributed by atoms with Crippen LogP contribution in [0.1, 0.15) is 19.4 Å². The second-order valence-corrected chi connectivity index (χ2v) is 3.49. The van der Waals surface area contributed by atoms with Crippen LogP contribution in [0.3, 0.4) is 0 Å².